The molecule has 1 aromatic rings. The van der Waals surface area contributed by atoms with Gasteiger partial charge in [0.1, 0.15) is 35.2 Å². The maximum Gasteiger partial charge on any atom is 0.416 e. The lowest BCUT2D eigenvalue weighted by Crippen LogP contribution is -2.66. The van der Waals surface area contributed by atoms with Crippen molar-refractivity contribution in [3.05, 3.63) is 35.4 Å². The molecule has 1 aromatic carbocycles. The summed E-state index contributed by atoms with van der Waals surface area (Å²) < 4.78 is 39.8. The molecule has 0 aromatic heterocycles. The smallest absolute Gasteiger partial charge is 0.347 e. The Balaban J connectivity index is 1.96. The molecule has 3 rings (SSSR count). The third-order valence-electron chi connectivity index (χ3n) is 13.6. The van der Waals surface area contributed by atoms with Crippen molar-refractivity contribution in [3.63, 3.8) is 0 Å². The lowest BCUT2D eigenvalue weighted by molar-refractivity contribution is -0.161. The number of carbonyl (C=O) groups excluding carboxylic acids is 12. The van der Waals surface area contributed by atoms with Gasteiger partial charge in [0, 0.05) is 34.2 Å². The third kappa shape index (κ3) is 17.6. The zero-order chi connectivity index (χ0) is 57.5. The van der Waals surface area contributed by atoms with Crippen LogP contribution in [-0.2, 0) is 70.1 Å². The van der Waals surface area contributed by atoms with Gasteiger partial charge in [0.25, 0.3) is 0 Å². The summed E-state index contributed by atoms with van der Waals surface area (Å²) in [4.78, 5) is 166. The Kier molecular flexibility index (Phi) is 22.7. The molecule has 0 saturated carbocycles. The minimum atomic E-state index is -4.61. The molecule has 24 nitrogen and oxygen atoms in total. The van der Waals surface area contributed by atoms with Gasteiger partial charge in [-0.05, 0) is 83.9 Å². The average Bonchev–Trinajstić information content (AvgIpc) is 3.93. The number of likely N-dealkylation sites (tertiary alicyclic amines) is 1. The fourth-order valence-corrected chi connectivity index (χ4v) is 8.04. The molecule has 2 aliphatic heterocycles. The maximum absolute atomic E-state index is 14.5. The lowest BCUT2D eigenvalue weighted by Gasteiger charge is -2.45. The number of hydrogen-bond donors (Lipinski definition) is 8. The van der Waals surface area contributed by atoms with Gasteiger partial charge in [-0.2, -0.15) is 13.2 Å². The van der Waals surface area contributed by atoms with E-state index in [0.29, 0.717) is 37.9 Å². The highest BCUT2D eigenvalue weighted by molar-refractivity contribution is 6.00. The third-order valence-corrected chi connectivity index (χ3v) is 13.6. The number of halogens is 3. The van der Waals surface area contributed by atoms with Gasteiger partial charge in [-0.25, -0.2) is 0 Å². The largest absolute Gasteiger partial charge is 0.416 e. The van der Waals surface area contributed by atoms with Crippen molar-refractivity contribution in [2.75, 3.05) is 67.0 Å². The van der Waals surface area contributed by atoms with Crippen LogP contribution in [0.2, 0.25) is 0 Å². The predicted octanol–water partition coefficient (Wildman–Crippen LogP) is -1.93. The van der Waals surface area contributed by atoms with Crippen LogP contribution in [0.1, 0.15) is 91.7 Å². The molecule has 2 heterocycles. The van der Waals surface area contributed by atoms with Crippen molar-refractivity contribution in [2.24, 2.45) is 5.92 Å². The molecule has 4 unspecified atom stereocenters. The molecule has 422 valence electrons. The van der Waals surface area contributed by atoms with Crippen molar-refractivity contribution in [1.29, 1.82) is 0 Å². The van der Waals surface area contributed by atoms with Gasteiger partial charge in [0.05, 0.1) is 44.7 Å². The second-order valence-corrected chi connectivity index (χ2v) is 19.9. The van der Waals surface area contributed by atoms with Gasteiger partial charge in [-0.3, -0.25) is 57.5 Å². The summed E-state index contributed by atoms with van der Waals surface area (Å²) in [7, 11) is 3.88. The van der Waals surface area contributed by atoms with Gasteiger partial charge in [0.15, 0.2) is 0 Å². The molecule has 5 atom stereocenters. The molecule has 27 heteroatoms. The molecular weight excluding hydrogens is 1010 g/mol. The Morgan fingerprint density at radius 2 is 1.12 bits per heavy atom. The number of amides is 12. The Bertz CT molecular complexity index is 2340. The number of carbonyl (C=O) groups is 12. The second-order valence-electron chi connectivity index (χ2n) is 19.9. The minimum Gasteiger partial charge on any atom is -0.347 e. The van der Waals surface area contributed by atoms with E-state index in [1.54, 1.807) is 13.8 Å². The van der Waals surface area contributed by atoms with Crippen LogP contribution in [0.3, 0.4) is 0 Å². The molecule has 8 N–H and O–H groups in total. The van der Waals surface area contributed by atoms with E-state index in [1.807, 2.05) is 0 Å². The molecule has 0 bridgehead atoms. The highest BCUT2D eigenvalue weighted by Crippen LogP contribution is 2.30. The van der Waals surface area contributed by atoms with Crippen LogP contribution in [0.15, 0.2) is 24.3 Å². The van der Waals surface area contributed by atoms with Crippen LogP contribution in [0.5, 0.6) is 0 Å². The van der Waals surface area contributed by atoms with Crippen molar-refractivity contribution in [2.45, 2.75) is 128 Å². The number of aryl methyl sites for hydroxylation is 1. The summed E-state index contributed by atoms with van der Waals surface area (Å²) in [5.74, 6) is -10.2. The molecule has 0 radical (unpaired) electrons. The summed E-state index contributed by atoms with van der Waals surface area (Å²) in [5.41, 5.74) is -4.04. The number of likely N-dealkylation sites (N-methyl/N-ethyl adjacent to an activating group) is 3. The van der Waals surface area contributed by atoms with Crippen LogP contribution >= 0.6 is 0 Å². The van der Waals surface area contributed by atoms with Crippen LogP contribution in [0.25, 0.3) is 0 Å². The fraction of sp³-hybridized carbons (Fsp3) is 0.633. The average molecular weight is 1080 g/mol. The van der Waals surface area contributed by atoms with Crippen molar-refractivity contribution in [1.82, 2.24) is 62.1 Å². The first-order valence-electron chi connectivity index (χ1n) is 24.8. The number of alkyl halides is 3. The first-order valence-corrected chi connectivity index (χ1v) is 24.8. The summed E-state index contributed by atoms with van der Waals surface area (Å²) in [6.45, 7) is 7.67. The molecule has 76 heavy (non-hydrogen) atoms. The van der Waals surface area contributed by atoms with Crippen LogP contribution < -0.4 is 42.5 Å². The highest BCUT2D eigenvalue weighted by atomic mass is 19.4. The number of nitrogens with one attached hydrogen (secondary N) is 8. The van der Waals surface area contributed by atoms with Gasteiger partial charge in [-0.1, -0.05) is 32.4 Å². The zero-order valence-electron chi connectivity index (χ0n) is 44.7. The molecular formula is C49H73F3N12O12. The molecule has 2 saturated heterocycles. The quantitative estimate of drug-likeness (QED) is 0.155. The minimum absolute atomic E-state index is 0.0469. The number of hydrogen-bond acceptors (Lipinski definition) is 12. The number of benzene rings is 1. The summed E-state index contributed by atoms with van der Waals surface area (Å²) >= 11 is 0. The van der Waals surface area contributed by atoms with Gasteiger partial charge in [0.2, 0.25) is 70.9 Å². The van der Waals surface area contributed by atoms with Gasteiger partial charge < -0.3 is 62.1 Å². The fourth-order valence-electron chi connectivity index (χ4n) is 8.04. The lowest BCUT2D eigenvalue weighted by atomic mass is 9.93. The first-order chi connectivity index (χ1) is 35.3. The molecule has 2 aliphatic rings. The normalized spacial score (nSPS) is 23.9. The molecule has 2 fully saturated rings. The Hall–Kier alpha value is -7.35. The van der Waals surface area contributed by atoms with Gasteiger partial charge >= 0.3 is 6.18 Å². The molecule has 0 spiro atoms. The van der Waals surface area contributed by atoms with Crippen molar-refractivity contribution >= 4 is 70.9 Å². The maximum atomic E-state index is 14.5. The number of rotatable bonds is 6. The zero-order valence-corrected chi connectivity index (χ0v) is 44.7. The Morgan fingerprint density at radius 3 is 1.63 bits per heavy atom. The molecule has 12 amide bonds. The Labute approximate surface area is 439 Å². The van der Waals surface area contributed by atoms with Crippen LogP contribution in [-0.4, -0.2) is 193 Å². The summed E-state index contributed by atoms with van der Waals surface area (Å²) in [5, 5.41) is 19.0. The topological polar surface area (TPSA) is 314 Å². The summed E-state index contributed by atoms with van der Waals surface area (Å²) in [6.07, 6.45) is -3.75. The van der Waals surface area contributed by atoms with Gasteiger partial charge in [-0.15, -0.1) is 0 Å². The van der Waals surface area contributed by atoms with Crippen molar-refractivity contribution in [3.8, 4) is 0 Å². The number of nitrogens with zero attached hydrogens (tertiary/aromatic N) is 4. The van der Waals surface area contributed by atoms with E-state index in [2.05, 4.69) is 42.5 Å². The molecule has 0 aliphatic carbocycles. The van der Waals surface area contributed by atoms with E-state index < -0.39 is 163 Å². The van der Waals surface area contributed by atoms with E-state index in [0.717, 1.165) is 26.8 Å². The Morgan fingerprint density at radius 1 is 0.645 bits per heavy atom. The van der Waals surface area contributed by atoms with E-state index >= 15 is 0 Å². The standard InChI is InChI=1S/C49H73F3N12O12/c1-11-28(2)40-42(72)57-25-37(68)55-23-35(66)54-24-36(67)56-26-38(69)59-32(19-16-30-14-17-31(18-15-30)49(50,51)52)41(71)58-29(3)43(73)62(9)48(6,7)46(76)63(10)47(4,5)45(75)61(8)33(44(74)64-20-12-13-21-64)22-34(65)53-27-39(70)60-40/h14-15,17-18,28-29,32-33,40H,11-13,16,19-27H2,1-10H3,(H,53,65)(H,54,66)(H,55,68)(H,56,67)(H,57,72)(H,58,71)(H,59,69)(H,60,70)/t28-,29?,32?,33?,40?/m0/s1. The SMILES string of the molecule is CC[C@H](C)C1NC(=O)CNC(=O)CC(C(=O)N2CCCC2)N(C)C(=O)C(C)(C)N(C)C(=O)C(C)(C)N(C)C(=O)C(C)NC(=O)C(CCc2ccc(C(F)(F)F)cc2)NC(=O)CNC(=O)CNC(=O)CNC(=O)CNC1=O. The van der Waals surface area contributed by atoms with E-state index in [-0.39, 0.29) is 12.8 Å². The predicted molar refractivity (Wildman–Crippen MR) is 266 cm³/mol. The van der Waals surface area contributed by atoms with E-state index in [4.69, 9.17) is 0 Å². The van der Waals surface area contributed by atoms with Crippen LogP contribution in [0.4, 0.5) is 13.2 Å². The highest BCUT2D eigenvalue weighted by Gasteiger charge is 2.48. The van der Waals surface area contributed by atoms with E-state index in [1.165, 1.54) is 72.8 Å². The van der Waals surface area contributed by atoms with Crippen molar-refractivity contribution < 1.29 is 70.7 Å². The van der Waals surface area contributed by atoms with Crippen LogP contribution in [0, 0.1) is 5.92 Å². The first kappa shape index (κ1) is 62.9. The monoisotopic (exact) mass is 1080 g/mol. The summed E-state index contributed by atoms with van der Waals surface area (Å²) in [6, 6.07) is -1.35. The van der Waals surface area contributed by atoms with E-state index in [9.17, 15) is 70.7 Å². The second kappa shape index (κ2) is 27.4.